The predicted molar refractivity (Wildman–Crippen MR) is 105 cm³/mol. The Morgan fingerprint density at radius 1 is 1.37 bits per heavy atom. The summed E-state index contributed by atoms with van der Waals surface area (Å²) in [6.45, 7) is 2.48. The molecule has 0 aromatic carbocycles. The number of hydrogen-bond donors (Lipinski definition) is 2. The first-order valence-corrected chi connectivity index (χ1v) is 9.55. The predicted octanol–water partition coefficient (Wildman–Crippen LogP) is 3.65. The van der Waals surface area contributed by atoms with Crippen molar-refractivity contribution in [2.45, 2.75) is 44.8 Å². The number of pyridine rings is 1. The lowest BCUT2D eigenvalue weighted by atomic mass is 9.80. The third-order valence-corrected chi connectivity index (χ3v) is 5.13. The van der Waals surface area contributed by atoms with E-state index in [1.54, 1.807) is 24.7 Å². The maximum absolute atomic E-state index is 12.4. The number of aromatic nitrogens is 3. The third-order valence-electron chi connectivity index (χ3n) is 4.92. The first kappa shape index (κ1) is 19.7. The molecule has 5 nitrogen and oxygen atoms in total. The summed E-state index contributed by atoms with van der Waals surface area (Å²) in [5.41, 5.74) is 1.79. The molecule has 0 spiro atoms. The topological polar surface area (TPSA) is 63.0 Å². The van der Waals surface area contributed by atoms with Crippen LogP contribution in [-0.2, 0) is 6.54 Å². The molecule has 0 atom stereocenters. The molecule has 0 saturated heterocycles. The van der Waals surface area contributed by atoms with Crippen molar-refractivity contribution >= 4 is 17.3 Å². The van der Waals surface area contributed by atoms with Crippen molar-refractivity contribution in [3.63, 3.8) is 0 Å². The van der Waals surface area contributed by atoms with Gasteiger partial charge in [-0.3, -0.25) is 4.68 Å². The van der Waals surface area contributed by atoms with Crippen LogP contribution in [0.15, 0.2) is 24.7 Å². The van der Waals surface area contributed by atoms with Crippen LogP contribution < -0.4 is 5.32 Å². The van der Waals surface area contributed by atoms with Crippen molar-refractivity contribution in [2.75, 3.05) is 18.5 Å². The van der Waals surface area contributed by atoms with E-state index in [-0.39, 0.29) is 6.54 Å². The van der Waals surface area contributed by atoms with E-state index in [2.05, 4.69) is 27.2 Å². The average Bonchev–Trinajstić information content (AvgIpc) is 3.08. The molecule has 1 saturated carbocycles. The van der Waals surface area contributed by atoms with Crippen LogP contribution in [0.25, 0.3) is 0 Å². The van der Waals surface area contributed by atoms with Crippen molar-refractivity contribution in [3.8, 4) is 11.8 Å². The zero-order valence-corrected chi connectivity index (χ0v) is 16.1. The number of nitrogens with one attached hydrogen (secondary N) is 1. The normalized spacial score (nSPS) is 22.1. The Hall–Kier alpha value is -2.10. The zero-order valence-electron chi connectivity index (χ0n) is 15.4. The van der Waals surface area contributed by atoms with E-state index >= 15 is 0 Å². The molecule has 0 bridgehead atoms. The molecule has 2 aromatic heterocycles. The van der Waals surface area contributed by atoms with Gasteiger partial charge in [-0.25, -0.2) is 9.37 Å². The molecule has 2 aromatic rings. The number of halogens is 2. The fourth-order valence-corrected chi connectivity index (χ4v) is 3.37. The molecule has 2 heterocycles. The minimum absolute atomic E-state index is 0.227. The Morgan fingerprint density at radius 3 is 2.89 bits per heavy atom. The Morgan fingerprint density at radius 2 is 2.15 bits per heavy atom. The fraction of sp³-hybridized carbons (Fsp3) is 0.500. The second-order valence-electron chi connectivity index (χ2n) is 7.30. The van der Waals surface area contributed by atoms with E-state index < -0.39 is 12.3 Å². The minimum atomic E-state index is -0.528. The minimum Gasteiger partial charge on any atom is -0.390 e. The molecule has 1 aliphatic carbocycles. The Balaban J connectivity index is 1.67. The molecule has 144 valence electrons. The van der Waals surface area contributed by atoms with Crippen LogP contribution >= 0.6 is 11.6 Å². The van der Waals surface area contributed by atoms with Crippen LogP contribution in [0, 0.1) is 17.8 Å². The summed E-state index contributed by atoms with van der Waals surface area (Å²) in [5, 5.41) is 18.0. The summed E-state index contributed by atoms with van der Waals surface area (Å²) < 4.78 is 13.9. The Bertz CT molecular complexity index is 830. The standard InChI is InChI=1S/C20H24ClFN4O/c1-20(27)6-4-15(5-7-20)11-23-18-10-19(21)24-13-17(18)3-2-16-12-25-26(14-16)9-8-22/h10,12-15,27H,4-9,11H2,1H3,(H,23,24)/t15-,20-. The van der Waals surface area contributed by atoms with Crippen LogP contribution in [0.3, 0.4) is 0 Å². The van der Waals surface area contributed by atoms with E-state index in [4.69, 9.17) is 11.6 Å². The molecule has 0 aliphatic heterocycles. The van der Waals surface area contributed by atoms with Gasteiger partial charge in [0.1, 0.15) is 11.8 Å². The number of hydrogen-bond acceptors (Lipinski definition) is 4. The highest BCUT2D eigenvalue weighted by Crippen LogP contribution is 2.32. The number of aryl methyl sites for hydroxylation is 1. The van der Waals surface area contributed by atoms with Gasteiger partial charge < -0.3 is 10.4 Å². The lowest BCUT2D eigenvalue weighted by Crippen LogP contribution is -2.32. The average molecular weight is 391 g/mol. The molecular weight excluding hydrogens is 367 g/mol. The third kappa shape index (κ3) is 5.69. The molecule has 2 N–H and O–H groups in total. The van der Waals surface area contributed by atoms with E-state index in [0.717, 1.165) is 49.0 Å². The van der Waals surface area contributed by atoms with Crippen molar-refractivity contribution in [1.29, 1.82) is 0 Å². The number of rotatable bonds is 5. The van der Waals surface area contributed by atoms with Crippen molar-refractivity contribution in [3.05, 3.63) is 40.9 Å². The summed E-state index contributed by atoms with van der Waals surface area (Å²) in [7, 11) is 0. The van der Waals surface area contributed by atoms with Gasteiger partial charge in [-0.2, -0.15) is 5.10 Å². The van der Waals surface area contributed by atoms with E-state index in [9.17, 15) is 9.50 Å². The lowest BCUT2D eigenvalue weighted by molar-refractivity contribution is 0.00977. The van der Waals surface area contributed by atoms with E-state index in [0.29, 0.717) is 11.1 Å². The summed E-state index contributed by atoms with van der Waals surface area (Å²) in [4.78, 5) is 4.12. The maximum Gasteiger partial charge on any atom is 0.131 e. The van der Waals surface area contributed by atoms with Gasteiger partial charge in [0.15, 0.2) is 0 Å². The highest BCUT2D eigenvalue weighted by Gasteiger charge is 2.28. The second-order valence-corrected chi connectivity index (χ2v) is 7.69. The largest absolute Gasteiger partial charge is 0.390 e. The van der Waals surface area contributed by atoms with Gasteiger partial charge in [0.2, 0.25) is 0 Å². The second kappa shape index (κ2) is 8.73. The fourth-order valence-electron chi connectivity index (χ4n) is 3.21. The summed E-state index contributed by atoms with van der Waals surface area (Å²) >= 11 is 6.05. The summed E-state index contributed by atoms with van der Waals surface area (Å²) in [6.07, 6.45) is 8.62. The van der Waals surface area contributed by atoms with Gasteiger partial charge >= 0.3 is 0 Å². The number of anilines is 1. The van der Waals surface area contributed by atoms with Gasteiger partial charge in [0.05, 0.1) is 35.2 Å². The molecule has 1 fully saturated rings. The van der Waals surface area contributed by atoms with Crippen molar-refractivity contribution < 1.29 is 9.50 Å². The van der Waals surface area contributed by atoms with Gasteiger partial charge in [0.25, 0.3) is 0 Å². The molecule has 27 heavy (non-hydrogen) atoms. The van der Waals surface area contributed by atoms with Crippen LogP contribution in [0.4, 0.5) is 10.1 Å². The van der Waals surface area contributed by atoms with E-state index in [1.165, 1.54) is 4.68 Å². The molecule has 0 radical (unpaired) electrons. The Labute approximate surface area is 164 Å². The van der Waals surface area contributed by atoms with Crippen LogP contribution in [0.1, 0.15) is 43.7 Å². The first-order chi connectivity index (χ1) is 12.9. The Kier molecular flexibility index (Phi) is 6.35. The van der Waals surface area contributed by atoms with Gasteiger partial charge in [-0.1, -0.05) is 23.4 Å². The van der Waals surface area contributed by atoms with Crippen LogP contribution in [-0.4, -0.2) is 38.7 Å². The molecule has 7 heteroatoms. The summed E-state index contributed by atoms with van der Waals surface area (Å²) in [6, 6.07) is 1.77. The van der Waals surface area contributed by atoms with Crippen molar-refractivity contribution in [1.82, 2.24) is 14.8 Å². The quantitative estimate of drug-likeness (QED) is 0.604. The smallest absolute Gasteiger partial charge is 0.131 e. The van der Waals surface area contributed by atoms with E-state index in [1.807, 2.05) is 6.92 Å². The molecular formula is C20H24ClFN4O. The molecule has 3 rings (SSSR count). The van der Waals surface area contributed by atoms with Crippen molar-refractivity contribution in [2.24, 2.45) is 5.92 Å². The SMILES string of the molecule is C[C@]1(O)CC[C@H](CNc2cc(Cl)ncc2C#Cc2cnn(CCF)c2)CC1. The molecule has 0 unspecified atom stereocenters. The number of aliphatic hydroxyl groups is 1. The number of nitrogens with zero attached hydrogens (tertiary/aromatic N) is 3. The number of alkyl halides is 1. The monoisotopic (exact) mass is 390 g/mol. The van der Waals surface area contributed by atoms with Gasteiger partial charge in [0, 0.05) is 18.9 Å². The van der Waals surface area contributed by atoms with Crippen LogP contribution in [0.5, 0.6) is 0 Å². The zero-order chi connectivity index (χ0) is 19.3. The van der Waals surface area contributed by atoms with Crippen LogP contribution in [0.2, 0.25) is 5.15 Å². The highest BCUT2D eigenvalue weighted by molar-refractivity contribution is 6.29. The molecule has 1 aliphatic rings. The lowest BCUT2D eigenvalue weighted by Gasteiger charge is -2.33. The maximum atomic E-state index is 12.4. The summed E-state index contributed by atoms with van der Waals surface area (Å²) in [5.74, 6) is 6.64. The van der Waals surface area contributed by atoms with Gasteiger partial charge in [-0.15, -0.1) is 0 Å². The molecule has 0 amide bonds. The van der Waals surface area contributed by atoms with Gasteiger partial charge in [-0.05, 0) is 44.6 Å². The highest BCUT2D eigenvalue weighted by atomic mass is 35.5. The first-order valence-electron chi connectivity index (χ1n) is 9.17.